The van der Waals surface area contributed by atoms with Crippen LogP contribution < -0.4 is 0 Å². The van der Waals surface area contributed by atoms with Crippen molar-refractivity contribution in [1.82, 2.24) is 0 Å². The maximum atomic E-state index is 12.4. The van der Waals surface area contributed by atoms with Crippen molar-refractivity contribution in [3.8, 4) is 0 Å². The van der Waals surface area contributed by atoms with Gasteiger partial charge in [0.05, 0.1) is 13.0 Å². The molecule has 0 heterocycles. The number of rotatable bonds is 2. The molecule has 8 atom stereocenters. The number of ether oxygens (including phenoxy) is 2. The summed E-state index contributed by atoms with van der Waals surface area (Å²) < 4.78 is 10.7. The smallest absolute Gasteiger partial charge is 0.309 e. The lowest BCUT2D eigenvalue weighted by Crippen LogP contribution is -2.54. The van der Waals surface area contributed by atoms with Crippen molar-refractivity contribution in [2.45, 2.75) is 84.7 Å². The zero-order valence-corrected chi connectivity index (χ0v) is 17.5. The monoisotopic (exact) mass is 376 g/mol. The fraction of sp³-hybridized carbons (Fsp3) is 0.913. The Hall–Kier alpha value is -1.06. The molecule has 4 rings (SSSR count). The molecule has 4 saturated carbocycles. The number of methoxy groups -OCH3 is 1. The molecule has 0 radical (unpaired) electrons. The summed E-state index contributed by atoms with van der Waals surface area (Å²) in [5, 5.41) is 0. The first-order chi connectivity index (χ1) is 12.8. The summed E-state index contributed by atoms with van der Waals surface area (Å²) in [4.78, 5) is 23.8. The molecule has 0 bridgehead atoms. The number of fused-ring (bicyclic) bond motifs is 5. The molecule has 4 fully saturated rings. The second-order valence-electron chi connectivity index (χ2n) is 10.4. The largest absolute Gasteiger partial charge is 0.469 e. The minimum absolute atomic E-state index is 0.0141. The van der Waals surface area contributed by atoms with E-state index in [1.807, 2.05) is 0 Å². The summed E-state index contributed by atoms with van der Waals surface area (Å²) in [5.41, 5.74) is 0.511. The fourth-order valence-corrected chi connectivity index (χ4v) is 8.09. The zero-order valence-electron chi connectivity index (χ0n) is 17.5. The number of carbonyl (C=O) groups excluding carboxylic acids is 2. The fourth-order valence-electron chi connectivity index (χ4n) is 8.09. The van der Waals surface area contributed by atoms with E-state index < -0.39 is 0 Å². The summed E-state index contributed by atoms with van der Waals surface area (Å²) >= 11 is 0. The van der Waals surface area contributed by atoms with Crippen LogP contribution in [-0.2, 0) is 19.1 Å². The van der Waals surface area contributed by atoms with Crippen molar-refractivity contribution < 1.29 is 19.1 Å². The van der Waals surface area contributed by atoms with Crippen LogP contribution in [0.5, 0.6) is 0 Å². The normalized spacial score (nSPS) is 48.7. The molecule has 4 nitrogen and oxygen atoms in total. The van der Waals surface area contributed by atoms with Gasteiger partial charge in [0.2, 0.25) is 0 Å². The molecule has 152 valence electrons. The molecule has 0 N–H and O–H groups in total. The average Bonchev–Trinajstić information content (AvgIpc) is 2.98. The molecule has 0 amide bonds. The maximum Gasteiger partial charge on any atom is 0.309 e. The second-order valence-corrected chi connectivity index (χ2v) is 10.4. The highest BCUT2D eigenvalue weighted by atomic mass is 16.5. The molecule has 0 aromatic heterocycles. The predicted octanol–water partition coefficient (Wildman–Crippen LogP) is 4.75. The first-order valence-electron chi connectivity index (χ1n) is 11.0. The van der Waals surface area contributed by atoms with Crippen LogP contribution in [0.1, 0.15) is 78.6 Å². The van der Waals surface area contributed by atoms with Crippen molar-refractivity contribution in [1.29, 1.82) is 0 Å². The van der Waals surface area contributed by atoms with Crippen molar-refractivity contribution in [3.63, 3.8) is 0 Å². The average molecular weight is 377 g/mol. The van der Waals surface area contributed by atoms with Crippen molar-refractivity contribution in [3.05, 3.63) is 0 Å². The van der Waals surface area contributed by atoms with Crippen LogP contribution in [0.4, 0.5) is 0 Å². The van der Waals surface area contributed by atoms with E-state index in [4.69, 9.17) is 9.47 Å². The van der Waals surface area contributed by atoms with E-state index >= 15 is 0 Å². The van der Waals surface area contributed by atoms with E-state index in [1.165, 1.54) is 39.0 Å². The number of hydrogen-bond acceptors (Lipinski definition) is 4. The third-order valence-electron chi connectivity index (χ3n) is 9.44. The topological polar surface area (TPSA) is 52.6 Å². The highest BCUT2D eigenvalue weighted by molar-refractivity contribution is 5.73. The van der Waals surface area contributed by atoms with Gasteiger partial charge in [-0.15, -0.1) is 0 Å². The number of hydrogen-bond donors (Lipinski definition) is 0. The Kier molecular flexibility index (Phi) is 4.83. The minimum Gasteiger partial charge on any atom is -0.469 e. The third-order valence-corrected chi connectivity index (χ3v) is 9.44. The lowest BCUT2D eigenvalue weighted by molar-refractivity contribution is -0.164. The standard InChI is InChI=1S/C23H36O4/c1-14(24)27-16-9-11-22(2)15(13-16)5-6-17-18-7-8-20(21(25)26-4)23(18,3)12-10-19(17)22/h15-20H,5-13H2,1-4H3/t15-,16+,17-,18-,19-,20+,22-,23-/m0/s1. The Morgan fingerprint density at radius 1 is 0.889 bits per heavy atom. The Bertz CT molecular complexity index is 615. The van der Waals surface area contributed by atoms with Gasteiger partial charge in [0, 0.05) is 6.92 Å². The highest BCUT2D eigenvalue weighted by Gasteiger charge is 2.61. The van der Waals surface area contributed by atoms with E-state index in [-0.39, 0.29) is 29.4 Å². The van der Waals surface area contributed by atoms with Gasteiger partial charge in [-0.3, -0.25) is 9.59 Å². The lowest BCUT2D eigenvalue weighted by Gasteiger charge is -2.60. The SMILES string of the molecule is COC(=O)[C@H]1CC[C@H]2[C@@H]3CC[C@H]4C[C@H](OC(C)=O)CC[C@]4(C)[C@H]3CC[C@]12C. The summed E-state index contributed by atoms with van der Waals surface area (Å²) in [7, 11) is 1.54. The van der Waals surface area contributed by atoms with Crippen LogP contribution in [0, 0.1) is 40.4 Å². The number of carbonyl (C=O) groups is 2. The van der Waals surface area contributed by atoms with Gasteiger partial charge in [0.15, 0.2) is 0 Å². The van der Waals surface area contributed by atoms with Gasteiger partial charge in [0.1, 0.15) is 6.10 Å². The van der Waals surface area contributed by atoms with Crippen LogP contribution in [-0.4, -0.2) is 25.2 Å². The molecule has 0 aromatic rings. The van der Waals surface area contributed by atoms with Crippen LogP contribution in [0.25, 0.3) is 0 Å². The van der Waals surface area contributed by atoms with Gasteiger partial charge >= 0.3 is 11.9 Å². The van der Waals surface area contributed by atoms with E-state index in [0.717, 1.165) is 37.5 Å². The maximum absolute atomic E-state index is 12.4. The van der Waals surface area contributed by atoms with E-state index in [0.29, 0.717) is 17.3 Å². The van der Waals surface area contributed by atoms with Crippen LogP contribution in [0.3, 0.4) is 0 Å². The van der Waals surface area contributed by atoms with E-state index in [1.54, 1.807) is 7.11 Å². The quantitative estimate of drug-likeness (QED) is 0.653. The second kappa shape index (κ2) is 6.77. The van der Waals surface area contributed by atoms with E-state index in [9.17, 15) is 9.59 Å². The van der Waals surface area contributed by atoms with Crippen molar-refractivity contribution >= 4 is 11.9 Å². The highest BCUT2D eigenvalue weighted by Crippen LogP contribution is 2.67. The molecule has 0 aromatic carbocycles. The van der Waals surface area contributed by atoms with Gasteiger partial charge < -0.3 is 9.47 Å². The molecule has 27 heavy (non-hydrogen) atoms. The van der Waals surface area contributed by atoms with Crippen LogP contribution in [0.15, 0.2) is 0 Å². The van der Waals surface area contributed by atoms with Gasteiger partial charge in [-0.05, 0) is 92.3 Å². The summed E-state index contributed by atoms with van der Waals surface area (Å²) in [6.45, 7) is 6.42. The van der Waals surface area contributed by atoms with Crippen molar-refractivity contribution in [2.24, 2.45) is 40.4 Å². The summed E-state index contributed by atoms with van der Waals surface area (Å²) in [5.74, 6) is 2.85. The molecular weight excluding hydrogens is 340 g/mol. The Morgan fingerprint density at radius 2 is 1.59 bits per heavy atom. The Morgan fingerprint density at radius 3 is 2.30 bits per heavy atom. The van der Waals surface area contributed by atoms with Gasteiger partial charge in [-0.25, -0.2) is 0 Å². The molecule has 0 aliphatic heterocycles. The van der Waals surface area contributed by atoms with Gasteiger partial charge in [0.25, 0.3) is 0 Å². The number of esters is 2. The first kappa shape index (κ1) is 19.3. The zero-order chi connectivity index (χ0) is 19.4. The molecule has 0 unspecified atom stereocenters. The van der Waals surface area contributed by atoms with E-state index in [2.05, 4.69) is 13.8 Å². The molecule has 0 saturated heterocycles. The molecule has 4 aliphatic rings. The predicted molar refractivity (Wildman–Crippen MR) is 103 cm³/mol. The molecular formula is C23H36O4. The van der Waals surface area contributed by atoms with Gasteiger partial charge in [-0.2, -0.15) is 0 Å². The van der Waals surface area contributed by atoms with Crippen LogP contribution in [0.2, 0.25) is 0 Å². The third kappa shape index (κ3) is 2.93. The molecule has 0 spiro atoms. The Balaban J connectivity index is 1.53. The van der Waals surface area contributed by atoms with Gasteiger partial charge in [-0.1, -0.05) is 13.8 Å². The molecule has 4 aliphatic carbocycles. The summed E-state index contributed by atoms with van der Waals surface area (Å²) in [6.07, 6.45) is 10.5. The Labute approximate surface area is 163 Å². The first-order valence-corrected chi connectivity index (χ1v) is 11.0. The lowest BCUT2D eigenvalue weighted by atomic mass is 9.44. The van der Waals surface area contributed by atoms with Crippen molar-refractivity contribution in [2.75, 3.05) is 7.11 Å². The summed E-state index contributed by atoms with van der Waals surface area (Å²) in [6, 6.07) is 0. The van der Waals surface area contributed by atoms with Crippen LogP contribution >= 0.6 is 0 Å². The molecule has 4 heteroatoms. The minimum atomic E-state index is -0.134.